The normalized spacial score (nSPS) is 25.1. The van der Waals surface area contributed by atoms with E-state index in [-0.39, 0.29) is 0 Å². The quantitative estimate of drug-likeness (QED) is 0.843. The summed E-state index contributed by atoms with van der Waals surface area (Å²) in [6, 6.07) is 0.539. The molecule has 2 rings (SSSR count). The van der Waals surface area contributed by atoms with Crippen LogP contribution in [0.5, 0.6) is 0 Å². The second-order valence-corrected chi connectivity index (χ2v) is 4.86. The van der Waals surface area contributed by atoms with Gasteiger partial charge in [-0.2, -0.15) is 5.10 Å². The molecule has 0 radical (unpaired) electrons. The van der Waals surface area contributed by atoms with Crippen LogP contribution in [0.15, 0.2) is 12.4 Å². The number of aryl methyl sites for hydroxylation is 1. The second kappa shape index (κ2) is 6.17. The van der Waals surface area contributed by atoms with E-state index in [1.165, 1.54) is 31.2 Å². The predicted octanol–water partition coefficient (Wildman–Crippen LogP) is 1.51. The van der Waals surface area contributed by atoms with Gasteiger partial charge in [-0.05, 0) is 31.9 Å². The molecule has 0 amide bonds. The highest BCUT2D eigenvalue weighted by Gasteiger charge is 2.23. The maximum atomic E-state index is 6.00. The zero-order chi connectivity index (χ0) is 12.1. The molecule has 2 atom stereocenters. The largest absolute Gasteiger partial charge is 0.376 e. The molecular formula is C13H23N3O. The number of hydrogen-bond donors (Lipinski definition) is 1. The van der Waals surface area contributed by atoms with Gasteiger partial charge in [-0.25, -0.2) is 0 Å². The Hall–Kier alpha value is -0.870. The fourth-order valence-corrected chi connectivity index (χ4v) is 2.56. The summed E-state index contributed by atoms with van der Waals surface area (Å²) < 4.78 is 7.84. The van der Waals surface area contributed by atoms with Crippen molar-refractivity contribution in [2.24, 2.45) is 7.05 Å². The molecule has 1 heterocycles. The molecule has 1 aromatic rings. The molecule has 17 heavy (non-hydrogen) atoms. The SMILES string of the molecule is CNC1CCCCC1OCCc1cnn(C)c1. The Balaban J connectivity index is 1.73. The van der Waals surface area contributed by atoms with Gasteiger partial charge < -0.3 is 10.1 Å². The molecule has 96 valence electrons. The summed E-state index contributed by atoms with van der Waals surface area (Å²) in [6.07, 6.45) is 10.4. The molecule has 0 bridgehead atoms. The minimum Gasteiger partial charge on any atom is -0.376 e. The maximum absolute atomic E-state index is 6.00. The summed E-state index contributed by atoms with van der Waals surface area (Å²) in [6.45, 7) is 0.800. The third-order valence-corrected chi connectivity index (χ3v) is 3.55. The van der Waals surface area contributed by atoms with Crippen molar-refractivity contribution in [1.82, 2.24) is 15.1 Å². The first-order valence-corrected chi connectivity index (χ1v) is 6.56. The lowest BCUT2D eigenvalue weighted by Crippen LogP contribution is -2.42. The van der Waals surface area contributed by atoms with Crippen molar-refractivity contribution >= 4 is 0 Å². The molecule has 1 N–H and O–H groups in total. The van der Waals surface area contributed by atoms with Crippen molar-refractivity contribution in [3.8, 4) is 0 Å². The lowest BCUT2D eigenvalue weighted by molar-refractivity contribution is 0.00876. The van der Waals surface area contributed by atoms with E-state index in [2.05, 4.69) is 16.6 Å². The standard InChI is InChI=1S/C13H23N3O/c1-14-12-5-3-4-6-13(12)17-8-7-11-9-15-16(2)10-11/h9-10,12-14H,3-8H2,1-2H3. The molecule has 1 aliphatic carbocycles. The Kier molecular flexibility index (Phi) is 4.57. The van der Waals surface area contributed by atoms with E-state index >= 15 is 0 Å². The highest BCUT2D eigenvalue weighted by atomic mass is 16.5. The molecule has 1 aromatic heterocycles. The van der Waals surface area contributed by atoms with Crippen LogP contribution in [0, 0.1) is 0 Å². The molecule has 2 unspecified atom stereocenters. The van der Waals surface area contributed by atoms with Gasteiger partial charge in [-0.15, -0.1) is 0 Å². The van der Waals surface area contributed by atoms with Gasteiger partial charge in [0.1, 0.15) is 0 Å². The predicted molar refractivity (Wildman–Crippen MR) is 68.0 cm³/mol. The van der Waals surface area contributed by atoms with Crippen LogP contribution in [0.25, 0.3) is 0 Å². The number of nitrogens with one attached hydrogen (secondary N) is 1. The second-order valence-electron chi connectivity index (χ2n) is 4.86. The molecular weight excluding hydrogens is 214 g/mol. The average Bonchev–Trinajstić information content (AvgIpc) is 2.76. The van der Waals surface area contributed by atoms with Crippen molar-refractivity contribution in [1.29, 1.82) is 0 Å². The van der Waals surface area contributed by atoms with Crippen molar-refractivity contribution in [3.63, 3.8) is 0 Å². The van der Waals surface area contributed by atoms with Crippen LogP contribution >= 0.6 is 0 Å². The first kappa shape index (κ1) is 12.6. The van der Waals surface area contributed by atoms with Gasteiger partial charge in [0.15, 0.2) is 0 Å². The molecule has 1 aliphatic rings. The van der Waals surface area contributed by atoms with Crippen LogP contribution in [0.2, 0.25) is 0 Å². The van der Waals surface area contributed by atoms with E-state index in [9.17, 15) is 0 Å². The zero-order valence-corrected chi connectivity index (χ0v) is 10.9. The first-order valence-electron chi connectivity index (χ1n) is 6.56. The molecule has 4 nitrogen and oxygen atoms in total. The molecule has 0 saturated heterocycles. The number of hydrogen-bond acceptors (Lipinski definition) is 3. The van der Waals surface area contributed by atoms with Crippen LogP contribution in [0.3, 0.4) is 0 Å². The van der Waals surface area contributed by atoms with Gasteiger partial charge in [0.25, 0.3) is 0 Å². The van der Waals surface area contributed by atoms with Crippen LogP contribution in [-0.2, 0) is 18.2 Å². The molecule has 1 fully saturated rings. The van der Waals surface area contributed by atoms with Crippen LogP contribution < -0.4 is 5.32 Å². The molecule has 1 saturated carbocycles. The smallest absolute Gasteiger partial charge is 0.0728 e. The van der Waals surface area contributed by atoms with Gasteiger partial charge in [0, 0.05) is 19.3 Å². The first-order chi connectivity index (χ1) is 8.29. The summed E-state index contributed by atoms with van der Waals surface area (Å²) >= 11 is 0. The Morgan fingerprint density at radius 3 is 3.00 bits per heavy atom. The minimum atomic E-state index is 0.394. The molecule has 0 aliphatic heterocycles. The number of rotatable bonds is 5. The van der Waals surface area contributed by atoms with Crippen molar-refractivity contribution < 1.29 is 4.74 Å². The van der Waals surface area contributed by atoms with Crippen molar-refractivity contribution in [2.75, 3.05) is 13.7 Å². The molecule has 0 aromatic carbocycles. The monoisotopic (exact) mass is 237 g/mol. The Morgan fingerprint density at radius 1 is 1.47 bits per heavy atom. The summed E-state index contributed by atoms with van der Waals surface area (Å²) in [5.41, 5.74) is 1.25. The fraction of sp³-hybridized carbons (Fsp3) is 0.769. The van der Waals surface area contributed by atoms with E-state index in [1.54, 1.807) is 0 Å². The fourth-order valence-electron chi connectivity index (χ4n) is 2.56. The average molecular weight is 237 g/mol. The molecule has 4 heteroatoms. The number of ether oxygens (including phenoxy) is 1. The Labute approximate surface area is 103 Å². The minimum absolute atomic E-state index is 0.394. The van der Waals surface area contributed by atoms with Crippen molar-refractivity contribution in [2.45, 2.75) is 44.2 Å². The van der Waals surface area contributed by atoms with Gasteiger partial charge in [-0.1, -0.05) is 12.8 Å². The van der Waals surface area contributed by atoms with Crippen LogP contribution in [0.4, 0.5) is 0 Å². The van der Waals surface area contributed by atoms with Gasteiger partial charge >= 0.3 is 0 Å². The van der Waals surface area contributed by atoms with Crippen molar-refractivity contribution in [3.05, 3.63) is 18.0 Å². The summed E-state index contributed by atoms with van der Waals surface area (Å²) in [7, 11) is 3.98. The van der Waals surface area contributed by atoms with Gasteiger partial charge in [0.05, 0.1) is 18.9 Å². The topological polar surface area (TPSA) is 39.1 Å². The van der Waals surface area contributed by atoms with E-state index in [0.717, 1.165) is 13.0 Å². The molecule has 0 spiro atoms. The van der Waals surface area contributed by atoms with Crippen LogP contribution in [-0.4, -0.2) is 35.6 Å². The Bertz CT molecular complexity index is 337. The summed E-state index contributed by atoms with van der Waals surface area (Å²) in [5.74, 6) is 0. The third kappa shape index (κ3) is 3.54. The van der Waals surface area contributed by atoms with E-state index in [4.69, 9.17) is 4.74 Å². The van der Waals surface area contributed by atoms with E-state index in [1.807, 2.05) is 25.0 Å². The summed E-state index contributed by atoms with van der Waals surface area (Å²) in [5, 5.41) is 7.53. The highest BCUT2D eigenvalue weighted by molar-refractivity contribution is 5.03. The maximum Gasteiger partial charge on any atom is 0.0728 e. The van der Waals surface area contributed by atoms with Gasteiger partial charge in [-0.3, -0.25) is 4.68 Å². The van der Waals surface area contributed by atoms with Crippen LogP contribution in [0.1, 0.15) is 31.2 Å². The zero-order valence-electron chi connectivity index (χ0n) is 10.9. The van der Waals surface area contributed by atoms with E-state index in [0.29, 0.717) is 12.1 Å². The Morgan fingerprint density at radius 2 is 2.29 bits per heavy atom. The third-order valence-electron chi connectivity index (χ3n) is 3.55. The van der Waals surface area contributed by atoms with E-state index < -0.39 is 0 Å². The lowest BCUT2D eigenvalue weighted by atomic mass is 9.92. The summed E-state index contributed by atoms with van der Waals surface area (Å²) in [4.78, 5) is 0. The number of likely N-dealkylation sites (N-methyl/N-ethyl adjacent to an activating group) is 1. The number of aromatic nitrogens is 2. The lowest BCUT2D eigenvalue weighted by Gasteiger charge is -2.31. The van der Waals surface area contributed by atoms with Gasteiger partial charge in [0.2, 0.25) is 0 Å². The number of nitrogens with zero attached hydrogens (tertiary/aromatic N) is 2. The highest BCUT2D eigenvalue weighted by Crippen LogP contribution is 2.21.